The maximum atomic E-state index is 11.1. The standard InChI is InChI=1S/C6H14BrO3P/c1-3-6(2)10-11(8,9)5-4-7/h6H,3-5H2,1-2H3,(H,8,9). The van der Waals surface area contributed by atoms with Gasteiger partial charge in [-0.1, -0.05) is 22.9 Å². The van der Waals surface area contributed by atoms with Gasteiger partial charge in [0.2, 0.25) is 0 Å². The molecule has 0 aliphatic carbocycles. The fraction of sp³-hybridized carbons (Fsp3) is 1.00. The molecule has 0 aromatic rings. The second-order valence-electron chi connectivity index (χ2n) is 2.37. The lowest BCUT2D eigenvalue weighted by Gasteiger charge is -2.15. The maximum Gasteiger partial charge on any atom is 0.329 e. The summed E-state index contributed by atoms with van der Waals surface area (Å²) in [5, 5.41) is 0.497. The van der Waals surface area contributed by atoms with Gasteiger partial charge in [0.1, 0.15) is 0 Å². The van der Waals surface area contributed by atoms with Crippen molar-refractivity contribution in [1.29, 1.82) is 0 Å². The van der Waals surface area contributed by atoms with Crippen molar-refractivity contribution in [3.05, 3.63) is 0 Å². The van der Waals surface area contributed by atoms with Crippen LogP contribution in [0.4, 0.5) is 0 Å². The van der Waals surface area contributed by atoms with Crippen LogP contribution >= 0.6 is 23.5 Å². The summed E-state index contributed by atoms with van der Waals surface area (Å²) >= 11 is 3.08. The van der Waals surface area contributed by atoms with Gasteiger partial charge in [-0.3, -0.25) is 4.57 Å². The topological polar surface area (TPSA) is 46.5 Å². The molecule has 11 heavy (non-hydrogen) atoms. The van der Waals surface area contributed by atoms with Crippen LogP contribution in [-0.2, 0) is 9.09 Å². The number of hydrogen-bond acceptors (Lipinski definition) is 2. The van der Waals surface area contributed by atoms with Crippen LogP contribution < -0.4 is 0 Å². The number of rotatable bonds is 5. The smallest absolute Gasteiger partial charge is 0.324 e. The second kappa shape index (κ2) is 5.31. The van der Waals surface area contributed by atoms with E-state index in [1.807, 2.05) is 6.92 Å². The Labute approximate surface area is 75.8 Å². The highest BCUT2D eigenvalue weighted by atomic mass is 79.9. The van der Waals surface area contributed by atoms with Crippen LogP contribution in [0.3, 0.4) is 0 Å². The average Bonchev–Trinajstić information content (AvgIpc) is 1.86. The Kier molecular flexibility index (Phi) is 5.61. The van der Waals surface area contributed by atoms with Crippen molar-refractivity contribution in [2.75, 3.05) is 11.5 Å². The van der Waals surface area contributed by atoms with E-state index in [9.17, 15) is 4.57 Å². The number of alkyl halides is 1. The van der Waals surface area contributed by atoms with Crippen LogP contribution in [0.2, 0.25) is 0 Å². The summed E-state index contributed by atoms with van der Waals surface area (Å²) in [6.07, 6.45) is 0.800. The maximum absolute atomic E-state index is 11.1. The Balaban J connectivity index is 3.81. The summed E-state index contributed by atoms with van der Waals surface area (Å²) in [6.45, 7) is 3.70. The molecule has 0 fully saturated rings. The minimum absolute atomic E-state index is 0.134. The van der Waals surface area contributed by atoms with Gasteiger partial charge in [-0.05, 0) is 13.3 Å². The van der Waals surface area contributed by atoms with Gasteiger partial charge in [0.25, 0.3) is 0 Å². The zero-order valence-corrected chi connectivity index (χ0v) is 9.27. The van der Waals surface area contributed by atoms with Gasteiger partial charge in [0.15, 0.2) is 0 Å². The molecule has 0 spiro atoms. The molecule has 5 heteroatoms. The van der Waals surface area contributed by atoms with Gasteiger partial charge in [0.05, 0.1) is 12.3 Å². The van der Waals surface area contributed by atoms with Crippen LogP contribution in [0.5, 0.6) is 0 Å². The van der Waals surface area contributed by atoms with Crippen molar-refractivity contribution < 1.29 is 14.0 Å². The third kappa shape index (κ3) is 5.85. The van der Waals surface area contributed by atoms with E-state index in [0.29, 0.717) is 5.33 Å². The Morgan fingerprint density at radius 1 is 1.73 bits per heavy atom. The first-order valence-electron chi connectivity index (χ1n) is 3.58. The molecule has 0 aliphatic rings. The SMILES string of the molecule is CCC(C)OP(=O)(O)CCBr. The molecule has 3 nitrogen and oxygen atoms in total. The quantitative estimate of drug-likeness (QED) is 0.597. The minimum Gasteiger partial charge on any atom is -0.324 e. The first-order chi connectivity index (χ1) is 5.02. The Bertz CT molecular complexity index is 151. The van der Waals surface area contributed by atoms with E-state index in [1.165, 1.54) is 0 Å². The first kappa shape index (κ1) is 11.6. The fourth-order valence-corrected chi connectivity index (χ4v) is 2.89. The van der Waals surface area contributed by atoms with Crippen LogP contribution in [-0.4, -0.2) is 22.5 Å². The van der Waals surface area contributed by atoms with Crippen LogP contribution in [0.15, 0.2) is 0 Å². The van der Waals surface area contributed by atoms with E-state index in [-0.39, 0.29) is 12.3 Å². The van der Waals surface area contributed by atoms with Gasteiger partial charge in [0, 0.05) is 5.33 Å². The molecule has 2 atom stereocenters. The lowest BCUT2D eigenvalue weighted by Crippen LogP contribution is -2.06. The predicted molar refractivity (Wildman–Crippen MR) is 49.3 cm³/mol. The highest BCUT2D eigenvalue weighted by molar-refractivity contribution is 9.09. The largest absolute Gasteiger partial charge is 0.329 e. The first-order valence-corrected chi connectivity index (χ1v) is 6.46. The molecule has 68 valence electrons. The van der Waals surface area contributed by atoms with Crippen LogP contribution in [0.25, 0.3) is 0 Å². The van der Waals surface area contributed by atoms with Crippen molar-refractivity contribution in [3.8, 4) is 0 Å². The number of halogens is 1. The Morgan fingerprint density at radius 2 is 2.27 bits per heavy atom. The lowest BCUT2D eigenvalue weighted by atomic mass is 10.3. The normalized spacial score (nSPS) is 19.3. The van der Waals surface area contributed by atoms with Crippen molar-refractivity contribution in [2.45, 2.75) is 26.4 Å². The van der Waals surface area contributed by atoms with Crippen LogP contribution in [0.1, 0.15) is 20.3 Å². The molecule has 0 radical (unpaired) electrons. The molecule has 0 bridgehead atoms. The third-order valence-corrected chi connectivity index (χ3v) is 3.77. The molecule has 0 heterocycles. The van der Waals surface area contributed by atoms with E-state index < -0.39 is 7.60 Å². The minimum atomic E-state index is -3.31. The molecular weight excluding hydrogens is 231 g/mol. The van der Waals surface area contributed by atoms with Gasteiger partial charge >= 0.3 is 7.60 Å². The average molecular weight is 245 g/mol. The second-order valence-corrected chi connectivity index (χ2v) is 5.10. The van der Waals surface area contributed by atoms with Gasteiger partial charge in [-0.25, -0.2) is 0 Å². The molecule has 0 aromatic heterocycles. The molecule has 0 rings (SSSR count). The van der Waals surface area contributed by atoms with Crippen molar-refractivity contribution >= 4 is 23.5 Å². The van der Waals surface area contributed by atoms with Gasteiger partial charge < -0.3 is 9.42 Å². The van der Waals surface area contributed by atoms with Crippen molar-refractivity contribution in [2.24, 2.45) is 0 Å². The van der Waals surface area contributed by atoms with E-state index in [1.54, 1.807) is 6.92 Å². The highest BCUT2D eigenvalue weighted by Crippen LogP contribution is 2.43. The van der Waals surface area contributed by atoms with Gasteiger partial charge in [-0.2, -0.15) is 0 Å². The highest BCUT2D eigenvalue weighted by Gasteiger charge is 2.20. The zero-order valence-electron chi connectivity index (χ0n) is 6.79. The number of hydrogen-bond donors (Lipinski definition) is 1. The molecular formula is C6H14BrO3P. The fourth-order valence-electron chi connectivity index (χ4n) is 0.515. The molecule has 0 aliphatic heterocycles. The van der Waals surface area contributed by atoms with Crippen molar-refractivity contribution in [3.63, 3.8) is 0 Å². The van der Waals surface area contributed by atoms with E-state index in [0.717, 1.165) is 6.42 Å². The summed E-state index contributed by atoms with van der Waals surface area (Å²) in [5.74, 6) is 0. The molecule has 0 saturated carbocycles. The Hall–Kier alpha value is 0.630. The van der Waals surface area contributed by atoms with Gasteiger partial charge in [-0.15, -0.1) is 0 Å². The monoisotopic (exact) mass is 244 g/mol. The summed E-state index contributed by atoms with van der Waals surface area (Å²) < 4.78 is 16.0. The molecule has 1 N–H and O–H groups in total. The lowest BCUT2D eigenvalue weighted by molar-refractivity contribution is 0.186. The molecule has 2 unspecified atom stereocenters. The summed E-state index contributed by atoms with van der Waals surface area (Å²) in [5.41, 5.74) is 0. The summed E-state index contributed by atoms with van der Waals surface area (Å²) in [4.78, 5) is 9.12. The molecule has 0 saturated heterocycles. The molecule has 0 amide bonds. The van der Waals surface area contributed by atoms with Crippen molar-refractivity contribution in [1.82, 2.24) is 0 Å². The van der Waals surface area contributed by atoms with E-state index >= 15 is 0 Å². The van der Waals surface area contributed by atoms with E-state index in [4.69, 9.17) is 9.42 Å². The Morgan fingerprint density at radius 3 is 2.64 bits per heavy atom. The zero-order chi connectivity index (χ0) is 8.91. The summed E-state index contributed by atoms with van der Waals surface area (Å²) in [6, 6.07) is 0. The third-order valence-electron chi connectivity index (χ3n) is 1.29. The van der Waals surface area contributed by atoms with Crippen LogP contribution in [0, 0.1) is 0 Å². The summed E-state index contributed by atoms with van der Waals surface area (Å²) in [7, 11) is -3.31. The molecule has 0 aromatic carbocycles. The predicted octanol–water partition coefficient (Wildman–Crippen LogP) is 2.38. The van der Waals surface area contributed by atoms with E-state index in [2.05, 4.69) is 15.9 Å².